The van der Waals surface area contributed by atoms with Crippen molar-refractivity contribution in [3.8, 4) is 0 Å². The van der Waals surface area contributed by atoms with Gasteiger partial charge < -0.3 is 14.6 Å². The van der Waals surface area contributed by atoms with Gasteiger partial charge in [-0.25, -0.2) is 4.79 Å². The monoisotopic (exact) mass is 289 g/mol. The summed E-state index contributed by atoms with van der Waals surface area (Å²) in [6, 6.07) is 7.37. The lowest BCUT2D eigenvalue weighted by Gasteiger charge is -2.31. The predicted octanol–water partition coefficient (Wildman–Crippen LogP) is 2.34. The van der Waals surface area contributed by atoms with Crippen molar-refractivity contribution < 1.29 is 19.4 Å². The van der Waals surface area contributed by atoms with Crippen LogP contribution in [0.1, 0.15) is 29.0 Å². The number of aromatic carboxylic acids is 1. The van der Waals surface area contributed by atoms with E-state index in [0.29, 0.717) is 11.5 Å². The Morgan fingerprint density at radius 3 is 2.71 bits per heavy atom. The van der Waals surface area contributed by atoms with Crippen molar-refractivity contribution in [1.29, 1.82) is 0 Å². The second-order valence-electron chi connectivity index (χ2n) is 5.69. The van der Waals surface area contributed by atoms with Crippen LogP contribution in [0.2, 0.25) is 0 Å². The maximum absolute atomic E-state index is 10.9. The summed E-state index contributed by atoms with van der Waals surface area (Å²) in [5.74, 6) is -0.625. The molecule has 1 aromatic heterocycles. The average Bonchev–Trinajstić information content (AvgIpc) is 2.91. The van der Waals surface area contributed by atoms with E-state index in [2.05, 4.69) is 4.90 Å². The Labute approximate surface area is 122 Å². The van der Waals surface area contributed by atoms with Gasteiger partial charge in [0.05, 0.1) is 0 Å². The molecule has 1 aliphatic rings. The zero-order chi connectivity index (χ0) is 14.8. The fraction of sp³-hybridized carbons (Fsp3) is 0.438. The summed E-state index contributed by atoms with van der Waals surface area (Å²) in [6.45, 7) is 3.12. The third kappa shape index (κ3) is 3.09. The Kier molecular flexibility index (Phi) is 3.94. The first-order chi connectivity index (χ1) is 10.2. The summed E-state index contributed by atoms with van der Waals surface area (Å²) in [7, 11) is 0. The fourth-order valence-corrected chi connectivity index (χ4v) is 2.88. The van der Waals surface area contributed by atoms with Crippen LogP contribution in [0.5, 0.6) is 0 Å². The molecular weight excluding hydrogens is 270 g/mol. The molecule has 0 amide bonds. The summed E-state index contributed by atoms with van der Waals surface area (Å²) in [6.07, 6.45) is 2.07. The normalized spacial score (nSPS) is 17.4. The molecule has 2 aromatic rings. The molecule has 2 heterocycles. The molecule has 1 aromatic carbocycles. The van der Waals surface area contributed by atoms with E-state index in [1.54, 1.807) is 6.07 Å². The third-order valence-corrected chi connectivity index (χ3v) is 4.16. The van der Waals surface area contributed by atoms with Crippen LogP contribution < -0.4 is 0 Å². The van der Waals surface area contributed by atoms with E-state index in [9.17, 15) is 4.79 Å². The predicted molar refractivity (Wildman–Crippen MR) is 78.3 cm³/mol. The van der Waals surface area contributed by atoms with Gasteiger partial charge in [0, 0.05) is 18.5 Å². The van der Waals surface area contributed by atoms with E-state index in [1.165, 1.54) is 0 Å². The minimum atomic E-state index is -1.04. The quantitative estimate of drug-likeness (QED) is 0.903. The van der Waals surface area contributed by atoms with Crippen molar-refractivity contribution in [3.05, 3.63) is 35.6 Å². The maximum atomic E-state index is 10.9. The number of likely N-dealkylation sites (tertiary alicyclic amines) is 1. The number of aliphatic hydroxyl groups excluding tert-OH is 1. The highest BCUT2D eigenvalue weighted by Crippen LogP contribution is 2.23. The first-order valence-electron chi connectivity index (χ1n) is 7.24. The number of carboxylic acids is 1. The highest BCUT2D eigenvalue weighted by Gasteiger charge is 2.18. The molecule has 112 valence electrons. The highest BCUT2D eigenvalue weighted by molar-refractivity contribution is 5.91. The summed E-state index contributed by atoms with van der Waals surface area (Å²) < 4.78 is 5.26. The van der Waals surface area contributed by atoms with Gasteiger partial charge in [0.15, 0.2) is 0 Å². The second kappa shape index (κ2) is 5.87. The number of benzene rings is 1. The van der Waals surface area contributed by atoms with Crippen molar-refractivity contribution in [2.24, 2.45) is 5.92 Å². The molecule has 0 bridgehead atoms. The van der Waals surface area contributed by atoms with Crippen molar-refractivity contribution >= 4 is 16.9 Å². The number of rotatable bonds is 4. The van der Waals surface area contributed by atoms with Gasteiger partial charge >= 0.3 is 5.97 Å². The van der Waals surface area contributed by atoms with Crippen molar-refractivity contribution in [3.63, 3.8) is 0 Å². The average molecular weight is 289 g/mol. The smallest absolute Gasteiger partial charge is 0.371 e. The lowest BCUT2D eigenvalue weighted by atomic mass is 9.97. The van der Waals surface area contributed by atoms with E-state index >= 15 is 0 Å². The van der Waals surface area contributed by atoms with Gasteiger partial charge in [-0.15, -0.1) is 0 Å². The Bertz CT molecular complexity index is 641. The first kappa shape index (κ1) is 14.1. The van der Waals surface area contributed by atoms with Crippen LogP contribution in [-0.2, 0) is 6.54 Å². The molecule has 1 saturated heterocycles. The summed E-state index contributed by atoms with van der Waals surface area (Å²) >= 11 is 0. The Morgan fingerprint density at radius 1 is 1.29 bits per heavy atom. The molecule has 5 nitrogen and oxygen atoms in total. The lowest BCUT2D eigenvalue weighted by Crippen LogP contribution is -2.34. The van der Waals surface area contributed by atoms with Crippen molar-refractivity contribution in [2.75, 3.05) is 19.7 Å². The second-order valence-corrected chi connectivity index (χ2v) is 5.69. The van der Waals surface area contributed by atoms with Crippen molar-refractivity contribution in [2.45, 2.75) is 19.4 Å². The number of aliphatic hydroxyl groups is 1. The zero-order valence-electron chi connectivity index (χ0n) is 11.8. The van der Waals surface area contributed by atoms with Gasteiger partial charge in [-0.2, -0.15) is 0 Å². The van der Waals surface area contributed by atoms with Crippen LogP contribution in [0.4, 0.5) is 0 Å². The number of carbonyl (C=O) groups is 1. The van der Waals surface area contributed by atoms with Gasteiger partial charge in [-0.1, -0.05) is 6.07 Å². The lowest BCUT2D eigenvalue weighted by molar-refractivity contribution is 0.0665. The molecule has 2 N–H and O–H groups in total. The van der Waals surface area contributed by atoms with Crippen LogP contribution in [-0.4, -0.2) is 40.8 Å². The van der Waals surface area contributed by atoms with E-state index in [0.717, 1.165) is 43.4 Å². The third-order valence-electron chi connectivity index (χ3n) is 4.16. The summed E-state index contributed by atoms with van der Waals surface area (Å²) in [5.41, 5.74) is 1.76. The minimum absolute atomic E-state index is 0.0223. The van der Waals surface area contributed by atoms with E-state index in [1.807, 2.05) is 18.2 Å². The van der Waals surface area contributed by atoms with Crippen LogP contribution in [0.25, 0.3) is 11.0 Å². The first-order valence-corrected chi connectivity index (χ1v) is 7.24. The molecule has 0 radical (unpaired) electrons. The Hall–Kier alpha value is -1.85. The fourth-order valence-electron chi connectivity index (χ4n) is 2.88. The molecular formula is C16H19NO4. The molecule has 0 aliphatic carbocycles. The Balaban J connectivity index is 1.71. The summed E-state index contributed by atoms with van der Waals surface area (Å²) in [4.78, 5) is 13.3. The largest absolute Gasteiger partial charge is 0.475 e. The molecule has 5 heteroatoms. The topological polar surface area (TPSA) is 73.9 Å². The number of furan rings is 1. The number of piperidine rings is 1. The van der Waals surface area contributed by atoms with Gasteiger partial charge in [0.25, 0.3) is 0 Å². The molecule has 0 atom stereocenters. The number of nitrogens with zero attached hydrogens (tertiary/aromatic N) is 1. The Morgan fingerprint density at radius 2 is 2.05 bits per heavy atom. The number of hydrogen-bond donors (Lipinski definition) is 2. The van der Waals surface area contributed by atoms with E-state index in [4.69, 9.17) is 14.6 Å². The van der Waals surface area contributed by atoms with Crippen LogP contribution >= 0.6 is 0 Å². The molecule has 1 fully saturated rings. The molecule has 3 rings (SSSR count). The van der Waals surface area contributed by atoms with Crippen LogP contribution in [0.15, 0.2) is 28.7 Å². The van der Waals surface area contributed by atoms with Crippen LogP contribution in [0, 0.1) is 5.92 Å². The number of carboxylic acid groups (broad SMARTS) is 1. The van der Waals surface area contributed by atoms with E-state index < -0.39 is 5.97 Å². The molecule has 1 aliphatic heterocycles. The standard InChI is InChI=1S/C16H19NO4/c18-10-11-3-5-17(6-4-11)9-12-1-2-14-13(7-12)8-15(21-14)16(19)20/h1-2,7-8,11,18H,3-6,9-10H2,(H,19,20). The van der Waals surface area contributed by atoms with E-state index in [-0.39, 0.29) is 12.4 Å². The van der Waals surface area contributed by atoms with Crippen LogP contribution in [0.3, 0.4) is 0 Å². The van der Waals surface area contributed by atoms with Gasteiger partial charge in [-0.05, 0) is 55.6 Å². The maximum Gasteiger partial charge on any atom is 0.371 e. The van der Waals surface area contributed by atoms with Gasteiger partial charge in [0.1, 0.15) is 5.58 Å². The van der Waals surface area contributed by atoms with Crippen molar-refractivity contribution in [1.82, 2.24) is 4.90 Å². The molecule has 0 spiro atoms. The molecule has 21 heavy (non-hydrogen) atoms. The molecule has 0 saturated carbocycles. The highest BCUT2D eigenvalue weighted by atomic mass is 16.4. The summed E-state index contributed by atoms with van der Waals surface area (Å²) in [5, 5.41) is 18.9. The zero-order valence-corrected chi connectivity index (χ0v) is 11.8. The number of fused-ring (bicyclic) bond motifs is 1. The van der Waals surface area contributed by atoms with Gasteiger partial charge in [0.2, 0.25) is 5.76 Å². The van der Waals surface area contributed by atoms with Gasteiger partial charge in [-0.3, -0.25) is 4.90 Å². The molecule has 0 unspecified atom stereocenters. The SMILES string of the molecule is O=C(O)c1cc2cc(CN3CCC(CO)CC3)ccc2o1. The number of hydrogen-bond acceptors (Lipinski definition) is 4. The minimum Gasteiger partial charge on any atom is -0.475 e.